The van der Waals surface area contributed by atoms with Crippen molar-refractivity contribution in [1.82, 2.24) is 4.90 Å². The fraction of sp³-hybridized carbons (Fsp3) is 0.552. The van der Waals surface area contributed by atoms with E-state index in [4.69, 9.17) is 18.9 Å². The zero-order valence-corrected chi connectivity index (χ0v) is 22.2. The number of hydrogen-bond acceptors (Lipinski definition) is 6. The van der Waals surface area contributed by atoms with Crippen LogP contribution in [0.15, 0.2) is 42.5 Å². The van der Waals surface area contributed by atoms with Crippen LogP contribution >= 0.6 is 0 Å². The predicted octanol–water partition coefficient (Wildman–Crippen LogP) is 4.90. The number of fused-ring (bicyclic) bond motifs is 1. The maximum Gasteiger partial charge on any atom is 0.407 e. The maximum atomic E-state index is 11.7. The molecule has 202 valence electrons. The molecule has 2 aromatic rings. The number of anilines is 1. The standard InChI is InChI=1S/C29H40N2O6/c1-21(2)36-19-22-5-8-24(9-6-22)25-11-13-31(29(32)33)18-28(25)37-20-23-7-10-27-26(17-23)30(14-16-35-27)12-4-15-34-3/h5-10,17,21,25,28H,4,11-16,18-20H2,1-3H3,(H,32,33). The van der Waals surface area contributed by atoms with Gasteiger partial charge in [0.2, 0.25) is 0 Å². The highest BCUT2D eigenvalue weighted by molar-refractivity contribution is 5.65. The molecule has 2 aliphatic rings. The van der Waals surface area contributed by atoms with Gasteiger partial charge in [0.05, 0.1) is 44.2 Å². The molecule has 37 heavy (non-hydrogen) atoms. The molecule has 2 aliphatic heterocycles. The molecule has 8 nitrogen and oxygen atoms in total. The van der Waals surface area contributed by atoms with E-state index in [1.807, 2.05) is 26.0 Å². The number of carbonyl (C=O) groups is 1. The Morgan fingerprint density at radius 1 is 1.11 bits per heavy atom. The Kier molecular flexibility index (Phi) is 9.66. The first kappa shape index (κ1) is 27.2. The van der Waals surface area contributed by atoms with Gasteiger partial charge >= 0.3 is 6.09 Å². The molecule has 1 N–H and O–H groups in total. The first-order valence-corrected chi connectivity index (χ1v) is 13.2. The van der Waals surface area contributed by atoms with E-state index in [0.29, 0.717) is 32.9 Å². The normalized spacial score (nSPS) is 19.6. The minimum absolute atomic E-state index is 0.127. The Morgan fingerprint density at radius 2 is 1.89 bits per heavy atom. The maximum absolute atomic E-state index is 11.7. The molecule has 4 rings (SSSR count). The van der Waals surface area contributed by atoms with E-state index >= 15 is 0 Å². The van der Waals surface area contributed by atoms with Crippen molar-refractivity contribution < 1.29 is 28.8 Å². The lowest BCUT2D eigenvalue weighted by molar-refractivity contribution is -0.0199. The van der Waals surface area contributed by atoms with Crippen LogP contribution in [-0.4, -0.2) is 74.8 Å². The number of methoxy groups -OCH3 is 1. The number of piperidine rings is 1. The van der Waals surface area contributed by atoms with Gasteiger partial charge in [-0.25, -0.2) is 4.79 Å². The average molecular weight is 513 g/mol. The Hall–Kier alpha value is -2.81. The van der Waals surface area contributed by atoms with Crippen molar-refractivity contribution in [3.8, 4) is 5.75 Å². The summed E-state index contributed by atoms with van der Waals surface area (Å²) >= 11 is 0. The third-order valence-corrected chi connectivity index (χ3v) is 7.04. The fourth-order valence-electron chi connectivity index (χ4n) is 5.01. The van der Waals surface area contributed by atoms with E-state index in [2.05, 4.69) is 35.2 Å². The summed E-state index contributed by atoms with van der Waals surface area (Å²) in [5.41, 5.74) is 4.43. The Balaban J connectivity index is 1.45. The highest BCUT2D eigenvalue weighted by Gasteiger charge is 2.33. The summed E-state index contributed by atoms with van der Waals surface area (Å²) < 4.78 is 23.3. The van der Waals surface area contributed by atoms with Crippen LogP contribution in [-0.2, 0) is 27.4 Å². The molecule has 0 aliphatic carbocycles. The number of carboxylic acid groups (broad SMARTS) is 1. The lowest BCUT2D eigenvalue weighted by Gasteiger charge is -2.37. The van der Waals surface area contributed by atoms with Gasteiger partial charge in [0, 0.05) is 32.7 Å². The lowest BCUT2D eigenvalue weighted by atomic mass is 9.86. The van der Waals surface area contributed by atoms with Crippen molar-refractivity contribution in [1.29, 1.82) is 0 Å². The number of amides is 1. The second kappa shape index (κ2) is 13.1. The minimum atomic E-state index is -0.897. The topological polar surface area (TPSA) is 80.7 Å². The van der Waals surface area contributed by atoms with Gasteiger partial charge in [-0.2, -0.15) is 0 Å². The number of hydrogen-bond donors (Lipinski definition) is 1. The molecule has 0 saturated carbocycles. The molecule has 0 spiro atoms. The molecule has 2 atom stereocenters. The summed E-state index contributed by atoms with van der Waals surface area (Å²) in [4.78, 5) is 15.5. The molecule has 0 aromatic heterocycles. The van der Waals surface area contributed by atoms with E-state index in [1.165, 1.54) is 10.5 Å². The molecule has 1 amide bonds. The molecule has 1 saturated heterocycles. The number of likely N-dealkylation sites (tertiary alicyclic amines) is 1. The van der Waals surface area contributed by atoms with Crippen LogP contribution in [0.25, 0.3) is 0 Å². The second-order valence-corrected chi connectivity index (χ2v) is 10.1. The summed E-state index contributed by atoms with van der Waals surface area (Å²) in [6.07, 6.45) is 0.738. The largest absolute Gasteiger partial charge is 0.490 e. The quantitative estimate of drug-likeness (QED) is 0.429. The van der Waals surface area contributed by atoms with Crippen molar-refractivity contribution in [3.05, 3.63) is 59.2 Å². The molecule has 2 unspecified atom stereocenters. The second-order valence-electron chi connectivity index (χ2n) is 10.1. The summed E-state index contributed by atoms with van der Waals surface area (Å²) in [6.45, 7) is 9.07. The molecule has 2 heterocycles. The van der Waals surface area contributed by atoms with Crippen molar-refractivity contribution in [3.63, 3.8) is 0 Å². The summed E-state index contributed by atoms with van der Waals surface area (Å²) in [7, 11) is 1.72. The van der Waals surface area contributed by atoms with Crippen LogP contribution in [0, 0.1) is 0 Å². The number of ether oxygens (including phenoxy) is 4. The van der Waals surface area contributed by atoms with Gasteiger partial charge in [0.15, 0.2) is 0 Å². The van der Waals surface area contributed by atoms with Gasteiger partial charge in [-0.3, -0.25) is 0 Å². The number of rotatable bonds is 11. The molecular weight excluding hydrogens is 472 g/mol. The van der Waals surface area contributed by atoms with Crippen LogP contribution in [0.1, 0.15) is 49.3 Å². The Morgan fingerprint density at radius 3 is 2.62 bits per heavy atom. The Labute approximate surface area is 220 Å². The highest BCUT2D eigenvalue weighted by Crippen LogP contribution is 2.35. The van der Waals surface area contributed by atoms with Gasteiger partial charge in [-0.15, -0.1) is 0 Å². The third-order valence-electron chi connectivity index (χ3n) is 7.04. The number of benzene rings is 2. The molecule has 8 heteroatoms. The van der Waals surface area contributed by atoms with E-state index in [9.17, 15) is 9.90 Å². The SMILES string of the molecule is COCCCN1CCOc2ccc(COC3CN(C(=O)O)CCC3c3ccc(COC(C)C)cc3)cc21. The van der Waals surface area contributed by atoms with Crippen LogP contribution < -0.4 is 9.64 Å². The molecule has 0 radical (unpaired) electrons. The summed E-state index contributed by atoms with van der Waals surface area (Å²) in [5.74, 6) is 1.02. The first-order chi connectivity index (χ1) is 17.9. The lowest BCUT2D eigenvalue weighted by Crippen LogP contribution is -2.46. The third kappa shape index (κ3) is 7.37. The zero-order valence-electron chi connectivity index (χ0n) is 22.2. The smallest absolute Gasteiger partial charge is 0.407 e. The fourth-order valence-corrected chi connectivity index (χ4v) is 5.01. The summed E-state index contributed by atoms with van der Waals surface area (Å²) in [5, 5.41) is 9.62. The van der Waals surface area contributed by atoms with Gasteiger partial charge in [-0.1, -0.05) is 30.3 Å². The van der Waals surface area contributed by atoms with Crippen LogP contribution in [0.2, 0.25) is 0 Å². The van der Waals surface area contributed by atoms with Crippen LogP contribution in [0.4, 0.5) is 10.5 Å². The molecule has 1 fully saturated rings. The van der Waals surface area contributed by atoms with Gasteiger partial charge in [0.25, 0.3) is 0 Å². The predicted molar refractivity (Wildman–Crippen MR) is 143 cm³/mol. The minimum Gasteiger partial charge on any atom is -0.490 e. The van der Waals surface area contributed by atoms with Crippen LogP contribution in [0.3, 0.4) is 0 Å². The first-order valence-electron chi connectivity index (χ1n) is 13.2. The molecule has 0 bridgehead atoms. The van der Waals surface area contributed by atoms with Gasteiger partial charge < -0.3 is 33.9 Å². The highest BCUT2D eigenvalue weighted by atomic mass is 16.5. The average Bonchev–Trinajstić information content (AvgIpc) is 2.91. The monoisotopic (exact) mass is 512 g/mol. The Bertz CT molecular complexity index is 1010. The molecular formula is C29H40N2O6. The van der Waals surface area contributed by atoms with Crippen molar-refractivity contribution >= 4 is 11.8 Å². The van der Waals surface area contributed by atoms with E-state index in [-0.39, 0.29) is 18.1 Å². The van der Waals surface area contributed by atoms with E-state index < -0.39 is 6.09 Å². The van der Waals surface area contributed by atoms with E-state index in [1.54, 1.807) is 7.11 Å². The van der Waals surface area contributed by atoms with Gasteiger partial charge in [0.1, 0.15) is 12.4 Å². The number of nitrogens with zero attached hydrogens (tertiary/aromatic N) is 2. The zero-order chi connectivity index (χ0) is 26.2. The van der Waals surface area contributed by atoms with Crippen molar-refractivity contribution in [2.45, 2.75) is 58.0 Å². The van der Waals surface area contributed by atoms with Crippen molar-refractivity contribution in [2.24, 2.45) is 0 Å². The molecule has 2 aromatic carbocycles. The van der Waals surface area contributed by atoms with Crippen LogP contribution in [0.5, 0.6) is 5.75 Å². The van der Waals surface area contributed by atoms with Crippen molar-refractivity contribution in [2.75, 3.05) is 51.4 Å². The van der Waals surface area contributed by atoms with E-state index in [0.717, 1.165) is 55.1 Å². The summed E-state index contributed by atoms with van der Waals surface area (Å²) in [6, 6.07) is 14.6. The van der Waals surface area contributed by atoms with Gasteiger partial charge in [-0.05, 0) is 55.5 Å².